The van der Waals surface area contributed by atoms with Crippen LogP contribution >= 0.6 is 27.7 Å². The van der Waals surface area contributed by atoms with Gasteiger partial charge in [-0.1, -0.05) is 34.1 Å². The Morgan fingerprint density at radius 2 is 2.00 bits per heavy atom. The number of carbonyl (C=O) groups is 1. The zero-order valence-corrected chi connectivity index (χ0v) is 12.6. The van der Waals surface area contributed by atoms with Gasteiger partial charge in [0.2, 0.25) is 0 Å². The third-order valence-corrected chi connectivity index (χ3v) is 4.86. The third kappa shape index (κ3) is 5.70. The average Bonchev–Trinajstić information content (AvgIpc) is 2.23. The van der Waals surface area contributed by atoms with Crippen molar-refractivity contribution < 1.29 is 13.2 Å². The highest BCUT2D eigenvalue weighted by atomic mass is 79.9. The number of carbonyl (C=O) groups excluding carboxylic acids is 1. The second-order valence-electron chi connectivity index (χ2n) is 3.59. The van der Waals surface area contributed by atoms with E-state index in [9.17, 15) is 13.2 Å². The van der Waals surface area contributed by atoms with E-state index in [2.05, 4.69) is 15.9 Å². The monoisotopic (exact) mass is 336 g/mol. The van der Waals surface area contributed by atoms with Gasteiger partial charge >= 0.3 is 0 Å². The second-order valence-corrected chi connectivity index (χ2v) is 7.80. The lowest BCUT2D eigenvalue weighted by Crippen LogP contribution is -2.08. The van der Waals surface area contributed by atoms with Crippen LogP contribution in [0.15, 0.2) is 28.7 Å². The number of sulfone groups is 1. The molecule has 1 rings (SSSR count). The molecule has 0 bridgehead atoms. The van der Waals surface area contributed by atoms with E-state index in [4.69, 9.17) is 0 Å². The van der Waals surface area contributed by atoms with Crippen LogP contribution in [0, 0.1) is 0 Å². The van der Waals surface area contributed by atoms with Gasteiger partial charge in [-0.05, 0) is 6.07 Å². The van der Waals surface area contributed by atoms with Crippen molar-refractivity contribution in [3.05, 3.63) is 34.3 Å². The lowest BCUT2D eigenvalue weighted by atomic mass is 10.1. The summed E-state index contributed by atoms with van der Waals surface area (Å²) in [6.45, 7) is 0. The summed E-state index contributed by atoms with van der Waals surface area (Å²) in [6.07, 6.45) is 1.20. The molecular formula is C11H13BrO3S2. The minimum atomic E-state index is -2.94. The maximum Gasteiger partial charge on any atom is 0.173 e. The standard InChI is InChI=1S/C11H13BrO3S2/c1-17(14,15)7-6-16-8-11(13)9-4-2-3-5-10(9)12/h2-5H,6-8H2,1H3. The van der Waals surface area contributed by atoms with E-state index in [1.807, 2.05) is 12.1 Å². The third-order valence-electron chi connectivity index (χ3n) is 2.01. The van der Waals surface area contributed by atoms with Crippen molar-refractivity contribution in [2.24, 2.45) is 0 Å². The van der Waals surface area contributed by atoms with E-state index in [0.29, 0.717) is 17.1 Å². The Labute approximate surface area is 114 Å². The molecule has 0 aromatic heterocycles. The quantitative estimate of drug-likeness (QED) is 0.591. The molecule has 1 aromatic rings. The summed E-state index contributed by atoms with van der Waals surface area (Å²) < 4.78 is 22.6. The molecule has 0 radical (unpaired) electrons. The van der Waals surface area contributed by atoms with Crippen LogP contribution in [0.2, 0.25) is 0 Å². The highest BCUT2D eigenvalue weighted by Crippen LogP contribution is 2.18. The van der Waals surface area contributed by atoms with Gasteiger partial charge in [-0.3, -0.25) is 4.79 Å². The van der Waals surface area contributed by atoms with Crippen LogP contribution in [0.5, 0.6) is 0 Å². The van der Waals surface area contributed by atoms with Gasteiger partial charge in [0.05, 0.1) is 11.5 Å². The summed E-state index contributed by atoms with van der Waals surface area (Å²) in [5, 5.41) is 0. The molecule has 17 heavy (non-hydrogen) atoms. The van der Waals surface area contributed by atoms with Gasteiger partial charge in [0, 0.05) is 22.0 Å². The van der Waals surface area contributed by atoms with Crippen LogP contribution < -0.4 is 0 Å². The van der Waals surface area contributed by atoms with Crippen molar-refractivity contribution in [3.63, 3.8) is 0 Å². The Morgan fingerprint density at radius 3 is 2.59 bits per heavy atom. The lowest BCUT2D eigenvalue weighted by molar-refractivity contribution is 0.102. The van der Waals surface area contributed by atoms with Crippen LogP contribution in [0.1, 0.15) is 10.4 Å². The van der Waals surface area contributed by atoms with E-state index >= 15 is 0 Å². The van der Waals surface area contributed by atoms with Gasteiger partial charge in [-0.15, -0.1) is 0 Å². The van der Waals surface area contributed by atoms with Crippen LogP contribution in [0.25, 0.3) is 0 Å². The molecule has 94 valence electrons. The highest BCUT2D eigenvalue weighted by molar-refractivity contribution is 9.10. The fourth-order valence-corrected chi connectivity index (χ4v) is 3.81. The van der Waals surface area contributed by atoms with Crippen molar-refractivity contribution in [3.8, 4) is 0 Å². The molecule has 0 aliphatic carbocycles. The number of hydrogen-bond acceptors (Lipinski definition) is 4. The summed E-state index contributed by atoms with van der Waals surface area (Å²) in [6, 6.07) is 7.22. The summed E-state index contributed by atoms with van der Waals surface area (Å²) in [4.78, 5) is 11.8. The molecule has 6 heteroatoms. The molecule has 0 aliphatic heterocycles. The first-order valence-corrected chi connectivity index (χ1v) is 8.94. The number of ketones is 1. The van der Waals surface area contributed by atoms with E-state index in [1.54, 1.807) is 12.1 Å². The van der Waals surface area contributed by atoms with E-state index in [1.165, 1.54) is 18.0 Å². The van der Waals surface area contributed by atoms with Crippen molar-refractivity contribution in [1.29, 1.82) is 0 Å². The molecule has 0 atom stereocenters. The summed E-state index contributed by atoms with van der Waals surface area (Å²) in [7, 11) is -2.94. The molecule has 0 aliphatic rings. The molecule has 3 nitrogen and oxygen atoms in total. The normalized spacial score (nSPS) is 11.4. The number of thioether (sulfide) groups is 1. The number of Topliss-reactive ketones (excluding diaryl/α,β-unsaturated/α-hetero) is 1. The number of hydrogen-bond donors (Lipinski definition) is 0. The number of rotatable bonds is 6. The first-order valence-electron chi connectivity index (χ1n) is 4.93. The first kappa shape index (κ1) is 14.7. The minimum absolute atomic E-state index is 0.0102. The molecule has 0 N–H and O–H groups in total. The summed E-state index contributed by atoms with van der Waals surface area (Å²) in [5.41, 5.74) is 0.638. The van der Waals surface area contributed by atoms with Gasteiger partial charge in [0.1, 0.15) is 9.84 Å². The second kappa shape index (κ2) is 6.56. The first-order chi connectivity index (χ1) is 7.90. The molecule has 0 amide bonds. The van der Waals surface area contributed by atoms with Crippen LogP contribution in [-0.2, 0) is 9.84 Å². The summed E-state index contributed by atoms with van der Waals surface area (Å²) >= 11 is 4.65. The van der Waals surface area contributed by atoms with E-state index < -0.39 is 9.84 Å². The predicted octanol–water partition coefficient (Wildman–Crippen LogP) is 2.41. The molecule has 0 heterocycles. The maximum absolute atomic E-state index is 11.8. The Bertz CT molecular complexity index is 497. The van der Waals surface area contributed by atoms with Crippen molar-refractivity contribution in [2.75, 3.05) is 23.5 Å². The molecular weight excluding hydrogens is 324 g/mol. The Balaban J connectivity index is 2.44. The lowest BCUT2D eigenvalue weighted by Gasteiger charge is -2.03. The fraction of sp³-hybridized carbons (Fsp3) is 0.364. The number of benzene rings is 1. The van der Waals surface area contributed by atoms with Crippen LogP contribution in [0.3, 0.4) is 0 Å². The van der Waals surface area contributed by atoms with E-state index in [-0.39, 0.29) is 11.5 Å². The fourth-order valence-electron chi connectivity index (χ4n) is 1.14. The van der Waals surface area contributed by atoms with Gasteiger partial charge in [-0.25, -0.2) is 8.42 Å². The van der Waals surface area contributed by atoms with Gasteiger partial charge < -0.3 is 0 Å². The van der Waals surface area contributed by atoms with Crippen molar-refractivity contribution >= 4 is 43.3 Å². The molecule has 1 aromatic carbocycles. The largest absolute Gasteiger partial charge is 0.293 e. The molecule has 0 saturated heterocycles. The predicted molar refractivity (Wildman–Crippen MR) is 75.5 cm³/mol. The minimum Gasteiger partial charge on any atom is -0.293 e. The highest BCUT2D eigenvalue weighted by Gasteiger charge is 2.10. The SMILES string of the molecule is CS(=O)(=O)CCSCC(=O)c1ccccc1Br. The summed E-state index contributed by atoms with van der Waals surface area (Å²) in [5.74, 6) is 0.879. The van der Waals surface area contributed by atoms with Gasteiger partial charge in [0.25, 0.3) is 0 Å². The average molecular weight is 337 g/mol. The topological polar surface area (TPSA) is 51.2 Å². The van der Waals surface area contributed by atoms with E-state index in [0.717, 1.165) is 4.47 Å². The Hall–Kier alpha value is -0.330. The molecule has 0 unspecified atom stereocenters. The molecule has 0 fully saturated rings. The van der Waals surface area contributed by atoms with Gasteiger partial charge in [0.15, 0.2) is 5.78 Å². The molecule has 0 saturated carbocycles. The zero-order chi connectivity index (χ0) is 12.9. The van der Waals surface area contributed by atoms with Crippen LogP contribution in [-0.4, -0.2) is 37.7 Å². The van der Waals surface area contributed by atoms with Crippen molar-refractivity contribution in [2.45, 2.75) is 0 Å². The smallest absolute Gasteiger partial charge is 0.173 e. The van der Waals surface area contributed by atoms with Crippen molar-refractivity contribution in [1.82, 2.24) is 0 Å². The Morgan fingerprint density at radius 1 is 1.35 bits per heavy atom. The zero-order valence-electron chi connectivity index (χ0n) is 9.35. The Kier molecular flexibility index (Phi) is 5.69. The van der Waals surface area contributed by atoms with Gasteiger partial charge in [-0.2, -0.15) is 11.8 Å². The maximum atomic E-state index is 11.8. The molecule has 0 spiro atoms. The number of halogens is 1. The van der Waals surface area contributed by atoms with Crippen LogP contribution in [0.4, 0.5) is 0 Å².